The summed E-state index contributed by atoms with van der Waals surface area (Å²) < 4.78 is 1.97. The summed E-state index contributed by atoms with van der Waals surface area (Å²) in [5.74, 6) is 0.785. The fraction of sp³-hybridized carbons (Fsp3) is 0.450. The van der Waals surface area contributed by atoms with Crippen molar-refractivity contribution in [2.75, 3.05) is 20.1 Å². The third kappa shape index (κ3) is 2.75. The highest BCUT2D eigenvalue weighted by molar-refractivity contribution is 5.90. The van der Waals surface area contributed by atoms with E-state index < -0.39 is 0 Å². The van der Waals surface area contributed by atoms with E-state index in [1.807, 2.05) is 34.2 Å². The van der Waals surface area contributed by atoms with Gasteiger partial charge in [0.25, 0.3) is 0 Å². The Morgan fingerprint density at radius 3 is 2.90 bits per heavy atom. The molecule has 0 radical (unpaired) electrons. The number of urea groups is 1. The summed E-state index contributed by atoms with van der Waals surface area (Å²) in [5.41, 5.74) is 2.21. The number of aromatic nitrogens is 5. The number of amides is 2. The van der Waals surface area contributed by atoms with Crippen LogP contribution in [0.15, 0.2) is 31.0 Å². The van der Waals surface area contributed by atoms with Crippen LogP contribution in [0.25, 0.3) is 22.3 Å². The zero-order valence-corrected chi connectivity index (χ0v) is 16.2. The minimum atomic E-state index is -0.332. The lowest BCUT2D eigenvalue weighted by Gasteiger charge is -2.29. The Morgan fingerprint density at radius 1 is 1.38 bits per heavy atom. The molecule has 3 aromatic heterocycles. The molecule has 9 nitrogen and oxygen atoms in total. The van der Waals surface area contributed by atoms with Gasteiger partial charge in [0, 0.05) is 43.5 Å². The number of H-pyrrole nitrogens is 1. The summed E-state index contributed by atoms with van der Waals surface area (Å²) in [6.45, 7) is 1.48. The Hall–Kier alpha value is -3.41. The molecule has 148 valence electrons. The van der Waals surface area contributed by atoms with Crippen molar-refractivity contribution < 1.29 is 4.79 Å². The predicted molar refractivity (Wildman–Crippen MR) is 106 cm³/mol. The van der Waals surface area contributed by atoms with Crippen molar-refractivity contribution in [3.8, 4) is 17.3 Å². The van der Waals surface area contributed by atoms with Crippen LogP contribution in [-0.4, -0.2) is 55.8 Å². The summed E-state index contributed by atoms with van der Waals surface area (Å²) >= 11 is 0. The molecule has 1 aliphatic carbocycles. The molecule has 2 N–H and O–H groups in total. The van der Waals surface area contributed by atoms with Gasteiger partial charge in [-0.1, -0.05) is 0 Å². The fourth-order valence-electron chi connectivity index (χ4n) is 5.15. The molecule has 4 heterocycles. The van der Waals surface area contributed by atoms with Crippen LogP contribution in [0.1, 0.15) is 19.3 Å². The number of carbonyl (C=O) groups is 1. The minimum Gasteiger partial charge on any atom is -0.346 e. The van der Waals surface area contributed by atoms with Gasteiger partial charge >= 0.3 is 6.03 Å². The van der Waals surface area contributed by atoms with Crippen molar-refractivity contribution in [2.45, 2.75) is 24.8 Å². The molecular weight excluding hydrogens is 368 g/mol. The van der Waals surface area contributed by atoms with Gasteiger partial charge < -0.3 is 15.2 Å². The molecule has 1 saturated heterocycles. The van der Waals surface area contributed by atoms with E-state index in [1.54, 1.807) is 13.4 Å². The second-order valence-electron chi connectivity index (χ2n) is 8.08. The van der Waals surface area contributed by atoms with E-state index in [4.69, 9.17) is 0 Å². The molecule has 29 heavy (non-hydrogen) atoms. The summed E-state index contributed by atoms with van der Waals surface area (Å²) in [6, 6.07) is 4.31. The van der Waals surface area contributed by atoms with E-state index in [2.05, 4.69) is 31.4 Å². The molecule has 3 atom stereocenters. The van der Waals surface area contributed by atoms with Gasteiger partial charge in [0.1, 0.15) is 12.0 Å². The smallest absolute Gasteiger partial charge is 0.317 e. The summed E-state index contributed by atoms with van der Waals surface area (Å²) in [4.78, 5) is 25.7. The SMILES string of the molecule is CNC(=O)N1C[C@@H]2C[C@@](CC#N)(n3cc(-c4ncnc5[nH]ccc45)cn3)C[C@@H]2C1. The predicted octanol–water partition coefficient (Wildman–Crippen LogP) is 2.11. The van der Waals surface area contributed by atoms with Gasteiger partial charge in [0.2, 0.25) is 0 Å². The van der Waals surface area contributed by atoms with Crippen LogP contribution in [0.2, 0.25) is 0 Å². The zero-order valence-electron chi connectivity index (χ0n) is 16.2. The lowest BCUT2D eigenvalue weighted by molar-refractivity contribution is 0.194. The molecule has 1 aliphatic heterocycles. The quantitative estimate of drug-likeness (QED) is 0.711. The Balaban J connectivity index is 1.45. The van der Waals surface area contributed by atoms with Crippen molar-refractivity contribution in [2.24, 2.45) is 11.8 Å². The normalized spacial score (nSPS) is 25.9. The number of likely N-dealkylation sites (tertiary alicyclic amines) is 1. The molecule has 3 aromatic rings. The Labute approximate surface area is 167 Å². The average Bonchev–Trinajstić information content (AvgIpc) is 3.48. The van der Waals surface area contributed by atoms with Crippen LogP contribution >= 0.6 is 0 Å². The molecule has 1 saturated carbocycles. The van der Waals surface area contributed by atoms with Crippen molar-refractivity contribution in [1.29, 1.82) is 5.26 Å². The molecule has 2 amide bonds. The molecular formula is C20H22N8O. The van der Waals surface area contributed by atoms with E-state index in [-0.39, 0.29) is 11.6 Å². The number of hydrogen-bond donors (Lipinski definition) is 2. The van der Waals surface area contributed by atoms with E-state index >= 15 is 0 Å². The van der Waals surface area contributed by atoms with E-state index in [0.717, 1.165) is 48.2 Å². The Morgan fingerprint density at radius 2 is 2.17 bits per heavy atom. The molecule has 5 rings (SSSR count). The molecule has 0 aromatic carbocycles. The maximum Gasteiger partial charge on any atom is 0.317 e. The minimum absolute atomic E-state index is 0.0223. The van der Waals surface area contributed by atoms with E-state index in [1.165, 1.54) is 0 Å². The molecule has 0 spiro atoms. The highest BCUT2D eigenvalue weighted by atomic mass is 16.2. The van der Waals surface area contributed by atoms with Crippen LogP contribution in [0, 0.1) is 23.2 Å². The summed E-state index contributed by atoms with van der Waals surface area (Å²) in [5, 5.41) is 17.9. The van der Waals surface area contributed by atoms with Crippen LogP contribution in [-0.2, 0) is 5.54 Å². The fourth-order valence-corrected chi connectivity index (χ4v) is 5.15. The summed E-state index contributed by atoms with van der Waals surface area (Å²) in [7, 11) is 1.66. The first kappa shape index (κ1) is 17.7. The third-order valence-electron chi connectivity index (χ3n) is 6.47. The van der Waals surface area contributed by atoms with Crippen LogP contribution < -0.4 is 5.32 Å². The van der Waals surface area contributed by atoms with Crippen molar-refractivity contribution >= 4 is 17.1 Å². The number of nitrogens with zero attached hydrogens (tertiary/aromatic N) is 6. The van der Waals surface area contributed by atoms with Crippen LogP contribution in [0.3, 0.4) is 0 Å². The highest BCUT2D eigenvalue weighted by Gasteiger charge is 2.51. The van der Waals surface area contributed by atoms with Gasteiger partial charge in [-0.3, -0.25) is 4.68 Å². The number of hydrogen-bond acceptors (Lipinski definition) is 5. The van der Waals surface area contributed by atoms with Crippen LogP contribution in [0.4, 0.5) is 4.79 Å². The molecule has 0 unspecified atom stereocenters. The van der Waals surface area contributed by atoms with Crippen molar-refractivity contribution in [3.63, 3.8) is 0 Å². The number of nitrogens with one attached hydrogen (secondary N) is 2. The third-order valence-corrected chi connectivity index (χ3v) is 6.47. The lowest BCUT2D eigenvalue weighted by Crippen LogP contribution is -2.39. The standard InChI is InChI=1S/C20H22N8O/c1-22-19(29)27-9-13-6-20(3-4-21,7-14(13)10-27)28-11-15(8-26-28)17-16-2-5-23-18(16)25-12-24-17/h2,5,8,11-14H,3,6-7,9-10H2,1H3,(H,22,29)(H,23,24,25)/t13-,14+,20+. The first-order chi connectivity index (χ1) is 14.1. The highest BCUT2D eigenvalue weighted by Crippen LogP contribution is 2.49. The second-order valence-corrected chi connectivity index (χ2v) is 8.08. The maximum absolute atomic E-state index is 12.0. The Kier molecular flexibility index (Phi) is 4.01. The van der Waals surface area contributed by atoms with Gasteiger partial charge in [-0.15, -0.1) is 0 Å². The number of carbonyl (C=O) groups excluding carboxylic acids is 1. The Bertz CT molecular complexity index is 1100. The number of fused-ring (bicyclic) bond motifs is 2. The number of aromatic amines is 1. The largest absolute Gasteiger partial charge is 0.346 e. The monoisotopic (exact) mass is 390 g/mol. The molecule has 2 aliphatic rings. The van der Waals surface area contributed by atoms with Gasteiger partial charge in [0.15, 0.2) is 0 Å². The summed E-state index contributed by atoms with van der Waals surface area (Å²) in [6.07, 6.45) is 9.32. The zero-order chi connectivity index (χ0) is 20.0. The van der Waals surface area contributed by atoms with Gasteiger partial charge in [-0.05, 0) is 30.7 Å². The topological polar surface area (TPSA) is 116 Å². The van der Waals surface area contributed by atoms with E-state index in [0.29, 0.717) is 18.3 Å². The van der Waals surface area contributed by atoms with Gasteiger partial charge in [-0.2, -0.15) is 10.4 Å². The molecule has 0 bridgehead atoms. The van der Waals surface area contributed by atoms with Crippen molar-refractivity contribution in [3.05, 3.63) is 31.0 Å². The maximum atomic E-state index is 12.0. The first-order valence-corrected chi connectivity index (χ1v) is 9.81. The van der Waals surface area contributed by atoms with Crippen molar-refractivity contribution in [1.82, 2.24) is 34.9 Å². The average molecular weight is 390 g/mol. The van der Waals surface area contributed by atoms with E-state index in [9.17, 15) is 10.1 Å². The number of nitriles is 1. The second kappa shape index (κ2) is 6.58. The molecule has 2 fully saturated rings. The number of rotatable bonds is 3. The molecule has 9 heteroatoms. The van der Waals surface area contributed by atoms with Gasteiger partial charge in [-0.25, -0.2) is 14.8 Å². The van der Waals surface area contributed by atoms with Crippen LogP contribution in [0.5, 0.6) is 0 Å². The lowest BCUT2D eigenvalue weighted by atomic mass is 9.92. The van der Waals surface area contributed by atoms with Gasteiger partial charge in [0.05, 0.1) is 29.9 Å². The first-order valence-electron chi connectivity index (χ1n) is 9.81.